The molecule has 0 heterocycles. The van der Waals surface area contributed by atoms with Crippen molar-refractivity contribution in [3.05, 3.63) is 35.9 Å². The van der Waals surface area contributed by atoms with E-state index in [4.69, 9.17) is 10.00 Å². The molecule has 0 radical (unpaired) electrons. The van der Waals surface area contributed by atoms with E-state index in [0.717, 1.165) is 5.56 Å². The molecule has 0 bridgehead atoms. The summed E-state index contributed by atoms with van der Waals surface area (Å²) in [5, 5.41) is 10.3. The van der Waals surface area contributed by atoms with Crippen molar-refractivity contribution < 1.29 is 14.3 Å². The minimum atomic E-state index is -0.795. The molecule has 0 aliphatic rings. The number of alkyl carbamates (subject to hydrolysis) is 1. The summed E-state index contributed by atoms with van der Waals surface area (Å²) < 4.78 is 4.82. The molecule has 0 aliphatic carbocycles. The molecule has 0 saturated carbocycles. The molecule has 17 heavy (non-hydrogen) atoms. The van der Waals surface area contributed by atoms with E-state index in [-0.39, 0.29) is 19.4 Å². The first-order valence-corrected chi connectivity index (χ1v) is 5.10. The first-order valence-electron chi connectivity index (χ1n) is 5.10. The molecule has 5 heteroatoms. The molecule has 88 valence electrons. The van der Waals surface area contributed by atoms with Crippen LogP contribution in [0.3, 0.4) is 0 Å². The Morgan fingerprint density at radius 2 is 2.00 bits per heavy atom. The van der Waals surface area contributed by atoms with Gasteiger partial charge in [0.2, 0.25) is 5.91 Å². The molecule has 2 amide bonds. The molecule has 0 aliphatic heterocycles. The molecule has 1 N–H and O–H groups in total. The smallest absolute Gasteiger partial charge is 0.414 e. The fourth-order valence-electron chi connectivity index (χ4n) is 1.10. The highest BCUT2D eigenvalue weighted by Crippen LogP contribution is 2.00. The monoisotopic (exact) mass is 232 g/mol. The molecular formula is C12H12N2O3. The standard InChI is InChI=1S/C12H12N2O3/c13-8-4-7-11(15)14-12(16)17-9-10-5-2-1-3-6-10/h1-3,5-6H,4,7,9H2,(H,14,15,16). The highest BCUT2D eigenvalue weighted by Gasteiger charge is 2.08. The van der Waals surface area contributed by atoms with Gasteiger partial charge in [-0.2, -0.15) is 5.26 Å². The van der Waals surface area contributed by atoms with Crippen molar-refractivity contribution in [1.29, 1.82) is 5.26 Å². The minimum Gasteiger partial charge on any atom is -0.444 e. The first-order chi connectivity index (χ1) is 8.22. The lowest BCUT2D eigenvalue weighted by molar-refractivity contribution is -0.120. The molecule has 1 rings (SSSR count). The molecule has 0 spiro atoms. The number of nitrogens with zero attached hydrogens (tertiary/aromatic N) is 1. The van der Waals surface area contributed by atoms with Gasteiger partial charge in [0.05, 0.1) is 6.07 Å². The van der Waals surface area contributed by atoms with E-state index < -0.39 is 12.0 Å². The summed E-state index contributed by atoms with van der Waals surface area (Å²) in [6.07, 6.45) is -0.717. The fourth-order valence-corrected chi connectivity index (χ4v) is 1.10. The lowest BCUT2D eigenvalue weighted by Crippen LogP contribution is -2.30. The number of carbonyl (C=O) groups is 2. The molecule has 0 fully saturated rings. The number of benzene rings is 1. The third-order valence-electron chi connectivity index (χ3n) is 1.92. The van der Waals surface area contributed by atoms with Crippen molar-refractivity contribution in [3.63, 3.8) is 0 Å². The van der Waals surface area contributed by atoms with Gasteiger partial charge in [-0.25, -0.2) is 4.79 Å². The summed E-state index contributed by atoms with van der Waals surface area (Å²) in [6.45, 7) is 0.109. The van der Waals surface area contributed by atoms with E-state index in [9.17, 15) is 9.59 Å². The second-order valence-corrected chi connectivity index (χ2v) is 3.27. The summed E-state index contributed by atoms with van der Waals surface area (Å²) in [4.78, 5) is 22.2. The minimum absolute atomic E-state index is 0.00304. The number of carbonyl (C=O) groups excluding carboxylic acids is 2. The SMILES string of the molecule is N#CCCC(=O)NC(=O)OCc1ccccc1. The van der Waals surface area contributed by atoms with E-state index in [2.05, 4.69) is 0 Å². The van der Waals surface area contributed by atoms with E-state index in [1.165, 1.54) is 0 Å². The van der Waals surface area contributed by atoms with Gasteiger partial charge in [0, 0.05) is 12.8 Å². The van der Waals surface area contributed by atoms with Crippen molar-refractivity contribution in [2.45, 2.75) is 19.4 Å². The largest absolute Gasteiger partial charge is 0.444 e. The number of hydrogen-bond acceptors (Lipinski definition) is 4. The van der Waals surface area contributed by atoms with Crippen LogP contribution in [-0.4, -0.2) is 12.0 Å². The third kappa shape index (κ3) is 5.33. The van der Waals surface area contributed by atoms with E-state index in [0.29, 0.717) is 0 Å². The summed E-state index contributed by atoms with van der Waals surface area (Å²) in [6, 6.07) is 10.9. The Morgan fingerprint density at radius 3 is 2.65 bits per heavy atom. The fraction of sp³-hybridized carbons (Fsp3) is 0.250. The van der Waals surface area contributed by atoms with Gasteiger partial charge in [-0.15, -0.1) is 0 Å². The van der Waals surface area contributed by atoms with Gasteiger partial charge in [-0.1, -0.05) is 30.3 Å². The summed E-state index contributed by atoms with van der Waals surface area (Å²) in [5.74, 6) is -0.510. The predicted octanol–water partition coefficient (Wildman–Crippen LogP) is 1.74. The Bertz CT molecular complexity index is 423. The zero-order valence-electron chi connectivity index (χ0n) is 9.18. The van der Waals surface area contributed by atoms with E-state index in [1.807, 2.05) is 41.7 Å². The Balaban J connectivity index is 2.26. The van der Waals surface area contributed by atoms with Crippen LogP contribution in [0.25, 0.3) is 0 Å². The van der Waals surface area contributed by atoms with Gasteiger partial charge in [0.25, 0.3) is 0 Å². The number of rotatable bonds is 4. The van der Waals surface area contributed by atoms with Crippen molar-refractivity contribution in [3.8, 4) is 6.07 Å². The maximum absolute atomic E-state index is 11.2. The summed E-state index contributed by atoms with van der Waals surface area (Å²) >= 11 is 0. The Labute approximate surface area is 99.0 Å². The van der Waals surface area contributed by atoms with Crippen LogP contribution >= 0.6 is 0 Å². The van der Waals surface area contributed by atoms with E-state index in [1.54, 1.807) is 0 Å². The number of ether oxygens (including phenoxy) is 1. The molecular weight excluding hydrogens is 220 g/mol. The van der Waals surface area contributed by atoms with Gasteiger partial charge in [0.15, 0.2) is 0 Å². The Hall–Kier alpha value is -2.35. The third-order valence-corrected chi connectivity index (χ3v) is 1.92. The summed E-state index contributed by atoms with van der Waals surface area (Å²) in [7, 11) is 0. The predicted molar refractivity (Wildman–Crippen MR) is 59.6 cm³/mol. The van der Waals surface area contributed by atoms with Crippen LogP contribution < -0.4 is 5.32 Å². The zero-order valence-corrected chi connectivity index (χ0v) is 9.18. The van der Waals surface area contributed by atoms with Crippen LogP contribution in [0.15, 0.2) is 30.3 Å². The van der Waals surface area contributed by atoms with Crippen LogP contribution in [0.5, 0.6) is 0 Å². The van der Waals surface area contributed by atoms with Crippen molar-refractivity contribution in [2.24, 2.45) is 0 Å². The summed E-state index contributed by atoms with van der Waals surface area (Å²) in [5.41, 5.74) is 0.840. The second kappa shape index (κ2) is 7.01. The average molecular weight is 232 g/mol. The molecule has 0 atom stereocenters. The zero-order chi connectivity index (χ0) is 12.5. The Morgan fingerprint density at radius 1 is 1.29 bits per heavy atom. The van der Waals surface area contributed by atoms with Crippen LogP contribution in [0, 0.1) is 11.3 Å². The van der Waals surface area contributed by atoms with Crippen molar-refractivity contribution in [1.82, 2.24) is 5.32 Å². The van der Waals surface area contributed by atoms with Gasteiger partial charge in [-0.3, -0.25) is 10.1 Å². The first kappa shape index (κ1) is 12.7. The molecule has 0 aromatic heterocycles. The molecule has 1 aromatic carbocycles. The highest BCUT2D eigenvalue weighted by molar-refractivity contribution is 5.91. The second-order valence-electron chi connectivity index (χ2n) is 3.27. The van der Waals surface area contributed by atoms with Gasteiger partial charge in [-0.05, 0) is 5.56 Å². The number of nitrogens with one attached hydrogen (secondary N) is 1. The highest BCUT2D eigenvalue weighted by atomic mass is 16.5. The lowest BCUT2D eigenvalue weighted by Gasteiger charge is -2.05. The number of amides is 2. The van der Waals surface area contributed by atoms with Crippen LogP contribution in [0.1, 0.15) is 18.4 Å². The maximum Gasteiger partial charge on any atom is 0.414 e. The molecule has 0 unspecified atom stereocenters. The lowest BCUT2D eigenvalue weighted by atomic mass is 10.2. The topological polar surface area (TPSA) is 79.2 Å². The quantitative estimate of drug-likeness (QED) is 0.857. The average Bonchev–Trinajstić information content (AvgIpc) is 2.35. The van der Waals surface area contributed by atoms with Gasteiger partial charge >= 0.3 is 6.09 Å². The van der Waals surface area contributed by atoms with Crippen LogP contribution in [0.4, 0.5) is 4.79 Å². The van der Waals surface area contributed by atoms with Crippen LogP contribution in [0.2, 0.25) is 0 Å². The van der Waals surface area contributed by atoms with E-state index >= 15 is 0 Å². The van der Waals surface area contributed by atoms with Gasteiger partial charge in [0.1, 0.15) is 6.61 Å². The number of hydrogen-bond donors (Lipinski definition) is 1. The number of nitriles is 1. The molecule has 5 nitrogen and oxygen atoms in total. The van der Waals surface area contributed by atoms with Crippen molar-refractivity contribution in [2.75, 3.05) is 0 Å². The Kier molecular flexibility index (Phi) is 5.25. The molecule has 1 aromatic rings. The van der Waals surface area contributed by atoms with Crippen LogP contribution in [-0.2, 0) is 16.1 Å². The van der Waals surface area contributed by atoms with Gasteiger partial charge < -0.3 is 4.74 Å². The number of imide groups is 1. The molecule has 0 saturated heterocycles. The van der Waals surface area contributed by atoms with Crippen molar-refractivity contribution >= 4 is 12.0 Å². The normalized spacial score (nSPS) is 9.12. The maximum atomic E-state index is 11.2.